The summed E-state index contributed by atoms with van der Waals surface area (Å²) in [5.74, 6) is -0.104. The van der Waals surface area contributed by atoms with Gasteiger partial charge >= 0.3 is 0 Å². The van der Waals surface area contributed by atoms with Crippen molar-refractivity contribution in [1.29, 1.82) is 0 Å². The summed E-state index contributed by atoms with van der Waals surface area (Å²) < 4.78 is 1.58. The Labute approximate surface area is 245 Å². The van der Waals surface area contributed by atoms with Gasteiger partial charge in [-0.3, -0.25) is 14.5 Å². The lowest BCUT2D eigenvalue weighted by atomic mass is 10.0. The van der Waals surface area contributed by atoms with E-state index in [2.05, 4.69) is 55.4 Å². The molecule has 3 heterocycles. The highest BCUT2D eigenvalue weighted by atomic mass is 16.3. The number of aryl methyl sites for hydroxylation is 2. The Kier molecular flexibility index (Phi) is 7.50. The van der Waals surface area contributed by atoms with Gasteiger partial charge in [0.2, 0.25) is 0 Å². The lowest BCUT2D eigenvalue weighted by Crippen LogP contribution is -2.44. The number of carbonyl (C=O) groups excluding carboxylic acids is 1. The van der Waals surface area contributed by atoms with Crippen molar-refractivity contribution >= 4 is 40.1 Å². The number of aromatic nitrogens is 3. The molecule has 9 nitrogen and oxygen atoms in total. The Balaban J connectivity index is 1.17. The van der Waals surface area contributed by atoms with Crippen molar-refractivity contribution < 1.29 is 9.90 Å². The predicted octanol–water partition coefficient (Wildman–Crippen LogP) is 5.26. The normalized spacial score (nSPS) is 14.2. The second-order valence-corrected chi connectivity index (χ2v) is 11.0. The number of piperazine rings is 1. The molecular weight excluding hydrogens is 526 g/mol. The molecule has 1 aliphatic rings. The van der Waals surface area contributed by atoms with E-state index in [4.69, 9.17) is 0 Å². The summed E-state index contributed by atoms with van der Waals surface area (Å²) >= 11 is 0. The van der Waals surface area contributed by atoms with E-state index in [0.29, 0.717) is 17.7 Å². The zero-order valence-corrected chi connectivity index (χ0v) is 24.1. The standard InChI is InChI=1S/C33H35N7O2/c1-22-17-31(39(3)37-22)33(42)35-26-6-4-5-23(19-26)18-24-7-12-30-28(20-24)29(32(41)36-30)21-34-25-8-10-27(11-9-25)40-15-13-38(2)14-16-40/h4-12,17,19-21,36,41H,13-16,18H2,1-3H3,(H,35,42). The monoisotopic (exact) mass is 561 g/mol. The van der Waals surface area contributed by atoms with Crippen LogP contribution in [0, 0.1) is 6.92 Å². The fraction of sp³-hybridized carbons (Fsp3) is 0.242. The first kappa shape index (κ1) is 27.3. The van der Waals surface area contributed by atoms with E-state index in [1.54, 1.807) is 24.0 Å². The molecule has 9 heteroatoms. The van der Waals surface area contributed by atoms with Gasteiger partial charge in [-0.15, -0.1) is 0 Å². The molecule has 214 valence electrons. The number of carbonyl (C=O) groups is 1. The maximum atomic E-state index is 12.8. The topological polar surface area (TPSA) is 102 Å². The maximum absolute atomic E-state index is 12.8. The van der Waals surface area contributed by atoms with E-state index in [1.165, 1.54) is 5.69 Å². The van der Waals surface area contributed by atoms with Gasteiger partial charge in [-0.25, -0.2) is 0 Å². The van der Waals surface area contributed by atoms with E-state index < -0.39 is 0 Å². The fourth-order valence-corrected chi connectivity index (χ4v) is 5.45. The summed E-state index contributed by atoms with van der Waals surface area (Å²) in [6, 6.07) is 24.0. The molecule has 2 aromatic heterocycles. The van der Waals surface area contributed by atoms with Crippen LogP contribution in [-0.2, 0) is 13.5 Å². The van der Waals surface area contributed by atoms with Crippen molar-refractivity contribution in [3.8, 4) is 5.88 Å². The molecule has 1 saturated heterocycles. The Morgan fingerprint density at radius 3 is 2.50 bits per heavy atom. The molecule has 42 heavy (non-hydrogen) atoms. The molecule has 3 aromatic carbocycles. The Morgan fingerprint density at radius 2 is 1.76 bits per heavy atom. The van der Waals surface area contributed by atoms with Crippen molar-refractivity contribution in [3.63, 3.8) is 0 Å². The maximum Gasteiger partial charge on any atom is 0.273 e. The molecular formula is C33H35N7O2. The Hall–Kier alpha value is -4.89. The molecule has 0 aliphatic carbocycles. The van der Waals surface area contributed by atoms with E-state index in [0.717, 1.165) is 65.3 Å². The molecule has 0 saturated carbocycles. The molecule has 1 fully saturated rings. The summed E-state index contributed by atoms with van der Waals surface area (Å²) in [6.45, 7) is 6.04. The molecule has 3 N–H and O–H groups in total. The summed E-state index contributed by atoms with van der Waals surface area (Å²) in [5.41, 5.74) is 7.71. The average molecular weight is 562 g/mol. The number of anilines is 2. The quantitative estimate of drug-likeness (QED) is 0.235. The van der Waals surface area contributed by atoms with Crippen LogP contribution in [0.25, 0.3) is 10.9 Å². The van der Waals surface area contributed by atoms with Gasteiger partial charge < -0.3 is 25.2 Å². The van der Waals surface area contributed by atoms with Gasteiger partial charge in [-0.05, 0) is 86.1 Å². The highest BCUT2D eigenvalue weighted by Gasteiger charge is 2.15. The minimum absolute atomic E-state index is 0.0927. The molecule has 0 unspecified atom stereocenters. The van der Waals surface area contributed by atoms with Crippen molar-refractivity contribution in [2.75, 3.05) is 43.4 Å². The van der Waals surface area contributed by atoms with Crippen LogP contribution in [0.3, 0.4) is 0 Å². The van der Waals surface area contributed by atoms with Crippen molar-refractivity contribution in [3.05, 3.63) is 101 Å². The minimum Gasteiger partial charge on any atom is -0.494 e. The minimum atomic E-state index is -0.197. The summed E-state index contributed by atoms with van der Waals surface area (Å²) in [7, 11) is 3.92. The number of H-pyrrole nitrogens is 1. The zero-order chi connectivity index (χ0) is 29.2. The predicted molar refractivity (Wildman–Crippen MR) is 169 cm³/mol. The molecule has 0 radical (unpaired) electrons. The molecule has 6 rings (SSSR count). The van der Waals surface area contributed by atoms with Crippen molar-refractivity contribution in [2.24, 2.45) is 12.0 Å². The molecule has 0 spiro atoms. The van der Waals surface area contributed by atoms with Crippen LogP contribution in [0.2, 0.25) is 0 Å². The first-order valence-electron chi connectivity index (χ1n) is 14.1. The number of aromatic amines is 1. The number of nitrogens with zero attached hydrogens (tertiary/aromatic N) is 5. The SMILES string of the molecule is Cc1cc(C(=O)Nc2cccc(Cc3ccc4[nH]c(O)c(C=Nc5ccc(N6CCN(C)CC6)cc5)c4c3)c2)n(C)n1. The van der Waals surface area contributed by atoms with Crippen LogP contribution in [0.5, 0.6) is 5.88 Å². The van der Waals surface area contributed by atoms with Crippen LogP contribution in [-0.4, -0.2) is 70.1 Å². The highest BCUT2D eigenvalue weighted by Crippen LogP contribution is 2.29. The second kappa shape index (κ2) is 11.5. The third-order valence-corrected chi connectivity index (χ3v) is 7.77. The molecule has 0 atom stereocenters. The summed E-state index contributed by atoms with van der Waals surface area (Å²) in [4.78, 5) is 25.2. The number of benzene rings is 3. The molecule has 1 aliphatic heterocycles. The average Bonchev–Trinajstić information content (AvgIpc) is 3.49. The van der Waals surface area contributed by atoms with E-state index in [-0.39, 0.29) is 11.8 Å². The first-order valence-corrected chi connectivity index (χ1v) is 14.1. The number of nitrogens with one attached hydrogen (secondary N) is 2. The number of fused-ring (bicyclic) bond motifs is 1. The number of likely N-dealkylation sites (N-methyl/N-ethyl adjacent to an activating group) is 1. The van der Waals surface area contributed by atoms with Crippen molar-refractivity contribution in [1.82, 2.24) is 19.7 Å². The zero-order valence-electron chi connectivity index (χ0n) is 24.1. The number of hydrogen-bond donors (Lipinski definition) is 3. The number of aromatic hydroxyl groups is 1. The fourth-order valence-electron chi connectivity index (χ4n) is 5.45. The van der Waals surface area contributed by atoms with Crippen LogP contribution < -0.4 is 10.2 Å². The van der Waals surface area contributed by atoms with Crippen LogP contribution >= 0.6 is 0 Å². The number of amides is 1. The van der Waals surface area contributed by atoms with E-state index in [1.807, 2.05) is 55.5 Å². The van der Waals surface area contributed by atoms with Gasteiger partial charge in [0.1, 0.15) is 5.69 Å². The van der Waals surface area contributed by atoms with Crippen molar-refractivity contribution in [2.45, 2.75) is 13.3 Å². The number of aliphatic imine (C=N–C) groups is 1. The van der Waals surface area contributed by atoms with Crippen LogP contribution in [0.4, 0.5) is 17.1 Å². The van der Waals surface area contributed by atoms with Crippen LogP contribution in [0.1, 0.15) is 32.9 Å². The second-order valence-electron chi connectivity index (χ2n) is 11.0. The third kappa shape index (κ3) is 5.91. The van der Waals surface area contributed by atoms with Gasteiger partial charge in [0, 0.05) is 61.7 Å². The number of rotatable bonds is 7. The summed E-state index contributed by atoms with van der Waals surface area (Å²) in [5, 5.41) is 18.8. The van der Waals surface area contributed by atoms with Gasteiger partial charge in [0.15, 0.2) is 5.88 Å². The van der Waals surface area contributed by atoms with Gasteiger partial charge in [-0.1, -0.05) is 18.2 Å². The molecule has 5 aromatic rings. The Bertz CT molecular complexity index is 1760. The number of hydrogen-bond acceptors (Lipinski definition) is 6. The van der Waals surface area contributed by atoms with Gasteiger partial charge in [0.25, 0.3) is 5.91 Å². The lowest BCUT2D eigenvalue weighted by Gasteiger charge is -2.34. The van der Waals surface area contributed by atoms with E-state index in [9.17, 15) is 9.90 Å². The summed E-state index contributed by atoms with van der Waals surface area (Å²) in [6.07, 6.45) is 2.39. The third-order valence-electron chi connectivity index (χ3n) is 7.77. The highest BCUT2D eigenvalue weighted by molar-refractivity contribution is 6.03. The molecule has 0 bridgehead atoms. The lowest BCUT2D eigenvalue weighted by molar-refractivity contribution is 0.101. The smallest absolute Gasteiger partial charge is 0.273 e. The molecule has 1 amide bonds. The Morgan fingerprint density at radius 1 is 1.00 bits per heavy atom. The first-order chi connectivity index (χ1) is 20.3. The van der Waals surface area contributed by atoms with E-state index >= 15 is 0 Å². The van der Waals surface area contributed by atoms with Gasteiger partial charge in [0.05, 0.1) is 16.9 Å². The van der Waals surface area contributed by atoms with Crippen LogP contribution in [0.15, 0.2) is 77.8 Å². The largest absolute Gasteiger partial charge is 0.494 e. The van der Waals surface area contributed by atoms with Gasteiger partial charge in [-0.2, -0.15) is 5.10 Å².